The van der Waals surface area contributed by atoms with Gasteiger partial charge in [0.2, 0.25) is 0 Å². The largest absolute Gasteiger partial charge is 0.497 e. The van der Waals surface area contributed by atoms with E-state index in [1.165, 1.54) is 10.4 Å². The van der Waals surface area contributed by atoms with Gasteiger partial charge in [-0.05, 0) is 52.7 Å². The third-order valence-electron chi connectivity index (χ3n) is 2.92. The molecule has 0 bridgehead atoms. The number of thiophene rings is 1. The Balaban J connectivity index is 2.25. The monoisotopic (exact) mass is 339 g/mol. The molecule has 2 aromatic rings. The van der Waals surface area contributed by atoms with Crippen molar-refractivity contribution in [1.82, 2.24) is 5.32 Å². The molecule has 0 aliphatic rings. The van der Waals surface area contributed by atoms with Gasteiger partial charge < -0.3 is 10.1 Å². The van der Waals surface area contributed by atoms with Gasteiger partial charge in [-0.2, -0.15) is 0 Å². The zero-order valence-electron chi connectivity index (χ0n) is 11.2. The van der Waals surface area contributed by atoms with E-state index < -0.39 is 0 Å². The second-order valence-electron chi connectivity index (χ2n) is 4.33. The minimum Gasteiger partial charge on any atom is -0.497 e. The van der Waals surface area contributed by atoms with E-state index in [9.17, 15) is 0 Å². The smallest absolute Gasteiger partial charge is 0.118 e. The van der Waals surface area contributed by atoms with Crippen LogP contribution in [-0.2, 0) is 0 Å². The summed E-state index contributed by atoms with van der Waals surface area (Å²) in [7, 11) is 1.69. The lowest BCUT2D eigenvalue weighted by Gasteiger charge is -2.18. The van der Waals surface area contributed by atoms with Gasteiger partial charge in [0.1, 0.15) is 5.75 Å². The van der Waals surface area contributed by atoms with Crippen molar-refractivity contribution in [2.75, 3.05) is 13.7 Å². The van der Waals surface area contributed by atoms with Crippen LogP contribution in [0, 0.1) is 0 Å². The highest BCUT2D eigenvalue weighted by atomic mass is 79.9. The van der Waals surface area contributed by atoms with E-state index in [4.69, 9.17) is 4.74 Å². The van der Waals surface area contributed by atoms with Crippen molar-refractivity contribution in [3.63, 3.8) is 0 Å². The van der Waals surface area contributed by atoms with Crippen molar-refractivity contribution in [3.8, 4) is 5.75 Å². The molecule has 1 atom stereocenters. The van der Waals surface area contributed by atoms with E-state index in [1.807, 2.05) is 12.1 Å². The predicted octanol–water partition coefficient (Wildman–Crippen LogP) is 4.61. The van der Waals surface area contributed by atoms with Gasteiger partial charge >= 0.3 is 0 Å². The topological polar surface area (TPSA) is 21.3 Å². The summed E-state index contributed by atoms with van der Waals surface area (Å²) in [6.07, 6.45) is 1.12. The van der Waals surface area contributed by atoms with Crippen LogP contribution in [0.3, 0.4) is 0 Å². The molecular weight excluding hydrogens is 322 g/mol. The van der Waals surface area contributed by atoms with Crippen LogP contribution in [0.2, 0.25) is 0 Å². The molecule has 1 unspecified atom stereocenters. The van der Waals surface area contributed by atoms with Crippen LogP contribution >= 0.6 is 27.3 Å². The maximum atomic E-state index is 5.21. The number of hydrogen-bond acceptors (Lipinski definition) is 3. The summed E-state index contributed by atoms with van der Waals surface area (Å²) in [5.41, 5.74) is 1.27. The van der Waals surface area contributed by atoms with E-state index in [-0.39, 0.29) is 6.04 Å². The SMILES string of the molecule is CCCNC(c1ccc(OC)cc1)c1cc(Br)cs1. The van der Waals surface area contributed by atoms with Gasteiger partial charge in [0.25, 0.3) is 0 Å². The Hall–Kier alpha value is -0.840. The lowest BCUT2D eigenvalue weighted by atomic mass is 10.1. The molecule has 0 spiro atoms. The van der Waals surface area contributed by atoms with Crippen molar-refractivity contribution in [3.05, 3.63) is 50.6 Å². The number of ether oxygens (including phenoxy) is 1. The van der Waals surface area contributed by atoms with Gasteiger partial charge in [-0.1, -0.05) is 19.1 Å². The van der Waals surface area contributed by atoms with E-state index >= 15 is 0 Å². The number of nitrogens with one attached hydrogen (secondary N) is 1. The minimum absolute atomic E-state index is 0.252. The molecule has 0 aliphatic carbocycles. The van der Waals surface area contributed by atoms with Crippen molar-refractivity contribution >= 4 is 27.3 Å². The second kappa shape index (κ2) is 7.08. The van der Waals surface area contributed by atoms with Crippen LogP contribution < -0.4 is 10.1 Å². The van der Waals surface area contributed by atoms with Gasteiger partial charge in [0.15, 0.2) is 0 Å². The zero-order chi connectivity index (χ0) is 13.7. The maximum Gasteiger partial charge on any atom is 0.118 e. The van der Waals surface area contributed by atoms with Crippen LogP contribution in [-0.4, -0.2) is 13.7 Å². The van der Waals surface area contributed by atoms with E-state index in [0.717, 1.165) is 23.2 Å². The van der Waals surface area contributed by atoms with E-state index in [2.05, 4.69) is 51.7 Å². The standard InChI is InChI=1S/C15H18BrNOS/c1-3-8-17-15(14-9-12(16)10-19-14)11-4-6-13(18-2)7-5-11/h4-7,9-10,15,17H,3,8H2,1-2H3. The third kappa shape index (κ3) is 3.81. The highest BCUT2D eigenvalue weighted by molar-refractivity contribution is 9.10. The quantitative estimate of drug-likeness (QED) is 0.829. The molecule has 4 heteroatoms. The van der Waals surface area contributed by atoms with Crippen molar-refractivity contribution in [1.29, 1.82) is 0 Å². The lowest BCUT2D eigenvalue weighted by molar-refractivity contribution is 0.414. The fourth-order valence-corrected chi connectivity index (χ4v) is 3.49. The van der Waals surface area contributed by atoms with Crippen LogP contribution in [0.5, 0.6) is 5.75 Å². The number of halogens is 1. The molecule has 0 amide bonds. The predicted molar refractivity (Wildman–Crippen MR) is 85.1 cm³/mol. The highest BCUT2D eigenvalue weighted by Gasteiger charge is 2.15. The number of benzene rings is 1. The third-order valence-corrected chi connectivity index (χ3v) is 4.68. The van der Waals surface area contributed by atoms with Crippen LogP contribution in [0.4, 0.5) is 0 Å². The van der Waals surface area contributed by atoms with Gasteiger partial charge in [0, 0.05) is 14.7 Å². The average Bonchev–Trinajstić information content (AvgIpc) is 2.86. The summed E-state index contributed by atoms with van der Waals surface area (Å²) in [5, 5.41) is 5.73. The lowest BCUT2D eigenvalue weighted by Crippen LogP contribution is -2.22. The van der Waals surface area contributed by atoms with Crippen molar-refractivity contribution in [2.45, 2.75) is 19.4 Å². The van der Waals surface area contributed by atoms with Gasteiger partial charge in [0.05, 0.1) is 13.2 Å². The number of rotatable bonds is 6. The molecule has 1 heterocycles. The fourth-order valence-electron chi connectivity index (χ4n) is 1.95. The molecule has 1 aromatic carbocycles. The second-order valence-corrected chi connectivity index (χ2v) is 6.19. The molecule has 1 N–H and O–H groups in total. The summed E-state index contributed by atoms with van der Waals surface area (Å²) in [5.74, 6) is 0.894. The van der Waals surface area contributed by atoms with Crippen LogP contribution in [0.1, 0.15) is 29.8 Å². The minimum atomic E-state index is 0.252. The first-order valence-corrected chi connectivity index (χ1v) is 8.03. The summed E-state index contributed by atoms with van der Waals surface area (Å²) < 4.78 is 6.36. The molecule has 2 nitrogen and oxygen atoms in total. The molecule has 0 aliphatic heterocycles. The molecule has 0 radical (unpaired) electrons. The molecular formula is C15H18BrNOS. The molecule has 102 valence electrons. The van der Waals surface area contributed by atoms with Gasteiger partial charge in [-0.3, -0.25) is 0 Å². The Morgan fingerprint density at radius 3 is 2.58 bits per heavy atom. The summed E-state index contributed by atoms with van der Waals surface area (Å²) in [6.45, 7) is 3.19. The average molecular weight is 340 g/mol. The Labute approximate surface area is 126 Å². The highest BCUT2D eigenvalue weighted by Crippen LogP contribution is 2.30. The van der Waals surface area contributed by atoms with Crippen LogP contribution in [0.15, 0.2) is 40.2 Å². The Morgan fingerprint density at radius 2 is 2.05 bits per heavy atom. The Bertz CT molecular complexity index is 509. The summed E-state index contributed by atoms with van der Waals surface area (Å²) in [4.78, 5) is 1.32. The first-order chi connectivity index (χ1) is 9.24. The normalized spacial score (nSPS) is 12.4. The fraction of sp³-hybridized carbons (Fsp3) is 0.333. The molecule has 1 aromatic heterocycles. The Morgan fingerprint density at radius 1 is 1.32 bits per heavy atom. The number of hydrogen-bond donors (Lipinski definition) is 1. The van der Waals surface area contributed by atoms with Gasteiger partial charge in [-0.15, -0.1) is 11.3 Å². The molecule has 0 saturated heterocycles. The maximum absolute atomic E-state index is 5.21. The summed E-state index contributed by atoms with van der Waals surface area (Å²) in [6, 6.07) is 10.7. The summed E-state index contributed by atoms with van der Waals surface area (Å²) >= 11 is 5.30. The first kappa shape index (κ1) is 14.6. The molecule has 0 fully saturated rings. The van der Waals surface area contributed by atoms with Gasteiger partial charge in [-0.25, -0.2) is 0 Å². The first-order valence-electron chi connectivity index (χ1n) is 6.36. The molecule has 2 rings (SSSR count). The molecule has 0 saturated carbocycles. The van der Waals surface area contributed by atoms with Crippen molar-refractivity contribution in [2.24, 2.45) is 0 Å². The zero-order valence-corrected chi connectivity index (χ0v) is 13.6. The number of methoxy groups -OCH3 is 1. The van der Waals surface area contributed by atoms with E-state index in [1.54, 1.807) is 18.4 Å². The van der Waals surface area contributed by atoms with Crippen LogP contribution in [0.25, 0.3) is 0 Å². The molecule has 19 heavy (non-hydrogen) atoms. The van der Waals surface area contributed by atoms with E-state index in [0.29, 0.717) is 0 Å². The van der Waals surface area contributed by atoms with Crippen molar-refractivity contribution < 1.29 is 4.74 Å². The Kier molecular flexibility index (Phi) is 5.43.